The Morgan fingerprint density at radius 1 is 0.611 bits per heavy atom. The summed E-state index contributed by atoms with van der Waals surface area (Å²) in [5.41, 5.74) is 5.83. The normalized spacial score (nSPS) is 36.7. The molecule has 1 heterocycles. The molecule has 4 aromatic carbocycles. The van der Waals surface area contributed by atoms with E-state index < -0.39 is 29.8 Å². The molecule has 0 aromatic heterocycles. The highest BCUT2D eigenvalue weighted by atomic mass is 16.6. The molecule has 1 N–H and O–H groups in total. The van der Waals surface area contributed by atoms with Gasteiger partial charge in [0.25, 0.3) is 0 Å². The Balaban J connectivity index is 0.903. The number of benzene rings is 4. The SMILES string of the molecule is CC1(C)CC[C@]2(C(=O)OCc3ccccc3)CC[C@]3(C)C(=CCC4[C@@]5(C)CC[C@H](C[C@@H]6OC(COCc7ccccc7)[C@@H](OCc7ccccc7)C(O)C6OCc6ccccc6)C(C)(C)C5CC[C@]43C)C2C1. The average Bonchev–Trinajstić information content (AvgIpc) is 3.37. The third-order valence-corrected chi connectivity index (χ3v) is 20.7. The molecule has 0 spiro atoms. The lowest BCUT2D eigenvalue weighted by molar-refractivity contribution is -0.267. The van der Waals surface area contributed by atoms with Crippen molar-refractivity contribution in [1.82, 2.24) is 0 Å². The van der Waals surface area contributed by atoms with E-state index >= 15 is 0 Å². The van der Waals surface area contributed by atoms with E-state index in [9.17, 15) is 9.90 Å². The third-order valence-electron chi connectivity index (χ3n) is 20.7. The van der Waals surface area contributed by atoms with Crippen molar-refractivity contribution in [2.75, 3.05) is 6.61 Å². The van der Waals surface area contributed by atoms with Gasteiger partial charge in [-0.2, -0.15) is 0 Å². The van der Waals surface area contributed by atoms with Crippen molar-refractivity contribution < 1.29 is 33.6 Å². The highest BCUT2D eigenvalue weighted by Gasteiger charge is 2.69. The Hall–Kier alpha value is -4.11. The van der Waals surface area contributed by atoms with Crippen LogP contribution < -0.4 is 0 Å². The molecular formula is C65H84O7. The van der Waals surface area contributed by atoms with E-state index in [1.54, 1.807) is 5.57 Å². The Morgan fingerprint density at radius 3 is 1.75 bits per heavy atom. The molecule has 0 amide bonds. The van der Waals surface area contributed by atoms with Gasteiger partial charge >= 0.3 is 5.97 Å². The highest BCUT2D eigenvalue weighted by molar-refractivity contribution is 5.79. The summed E-state index contributed by atoms with van der Waals surface area (Å²) in [6, 6.07) is 40.9. The maximum atomic E-state index is 14.6. The van der Waals surface area contributed by atoms with Gasteiger partial charge in [-0.1, -0.05) is 181 Å². The van der Waals surface area contributed by atoms with Gasteiger partial charge in [-0.25, -0.2) is 0 Å². The number of allylic oxidation sites excluding steroid dienone is 2. The van der Waals surface area contributed by atoms with Crippen LogP contribution in [0.3, 0.4) is 0 Å². The van der Waals surface area contributed by atoms with E-state index in [-0.39, 0.29) is 45.1 Å². The summed E-state index contributed by atoms with van der Waals surface area (Å²) in [6.45, 7) is 19.7. The molecule has 72 heavy (non-hydrogen) atoms. The van der Waals surface area contributed by atoms with Crippen LogP contribution in [0.1, 0.15) is 141 Å². The number of esters is 1. The number of aliphatic hydroxyl groups is 1. The number of aliphatic hydroxyl groups excluding tert-OH is 1. The highest BCUT2D eigenvalue weighted by Crippen LogP contribution is 2.76. The topological polar surface area (TPSA) is 83.5 Å². The molecule has 7 nitrogen and oxygen atoms in total. The number of carbonyl (C=O) groups excluding carboxylic acids is 1. The summed E-state index contributed by atoms with van der Waals surface area (Å²) < 4.78 is 33.5. The second-order valence-corrected chi connectivity index (χ2v) is 25.5. The first-order valence-electron chi connectivity index (χ1n) is 27.7. The monoisotopic (exact) mass is 977 g/mol. The smallest absolute Gasteiger partial charge is 0.313 e. The van der Waals surface area contributed by atoms with Gasteiger partial charge in [0.2, 0.25) is 0 Å². The largest absolute Gasteiger partial charge is 0.460 e. The average molecular weight is 977 g/mol. The summed E-state index contributed by atoms with van der Waals surface area (Å²) in [5.74, 6) is 1.66. The maximum Gasteiger partial charge on any atom is 0.313 e. The van der Waals surface area contributed by atoms with Gasteiger partial charge in [0.05, 0.1) is 37.9 Å². The summed E-state index contributed by atoms with van der Waals surface area (Å²) in [6.07, 6.45) is 11.1. The second-order valence-electron chi connectivity index (χ2n) is 25.5. The summed E-state index contributed by atoms with van der Waals surface area (Å²) in [7, 11) is 0. The van der Waals surface area contributed by atoms with Crippen LogP contribution in [0.2, 0.25) is 0 Å². The molecule has 386 valence electrons. The van der Waals surface area contributed by atoms with Crippen molar-refractivity contribution in [1.29, 1.82) is 0 Å². The number of rotatable bonds is 15. The molecule has 13 atom stereocenters. The summed E-state index contributed by atoms with van der Waals surface area (Å²) >= 11 is 0. The van der Waals surface area contributed by atoms with Gasteiger partial charge in [0.15, 0.2) is 0 Å². The molecule has 0 bridgehead atoms. The number of hydrogen-bond donors (Lipinski definition) is 1. The van der Waals surface area contributed by atoms with Crippen molar-refractivity contribution >= 4 is 5.97 Å². The van der Waals surface area contributed by atoms with Gasteiger partial charge in [-0.15, -0.1) is 0 Å². The van der Waals surface area contributed by atoms with Crippen LogP contribution in [0.5, 0.6) is 0 Å². The first-order chi connectivity index (χ1) is 34.6. The van der Waals surface area contributed by atoms with E-state index in [2.05, 4.69) is 103 Å². The van der Waals surface area contributed by atoms with E-state index in [1.165, 1.54) is 12.8 Å². The first kappa shape index (κ1) is 51.4. The minimum atomic E-state index is -0.924. The lowest BCUT2D eigenvalue weighted by Gasteiger charge is -2.71. The Bertz CT molecular complexity index is 2470. The van der Waals surface area contributed by atoms with Crippen molar-refractivity contribution in [3.63, 3.8) is 0 Å². The fourth-order valence-corrected chi connectivity index (χ4v) is 16.4. The molecule has 1 aliphatic heterocycles. The molecule has 4 saturated carbocycles. The van der Waals surface area contributed by atoms with Crippen LogP contribution in [-0.2, 0) is 54.9 Å². The zero-order valence-corrected chi connectivity index (χ0v) is 44.5. The Kier molecular flexibility index (Phi) is 14.7. The maximum absolute atomic E-state index is 14.6. The van der Waals surface area contributed by atoms with Crippen LogP contribution >= 0.6 is 0 Å². The van der Waals surface area contributed by atoms with Crippen molar-refractivity contribution in [3.05, 3.63) is 155 Å². The molecule has 7 heteroatoms. The van der Waals surface area contributed by atoms with Crippen LogP contribution in [0.4, 0.5) is 0 Å². The zero-order chi connectivity index (χ0) is 50.4. The number of hydrogen-bond acceptors (Lipinski definition) is 7. The molecule has 5 aliphatic carbocycles. The summed E-state index contributed by atoms with van der Waals surface area (Å²) in [5, 5.41) is 12.6. The minimum Gasteiger partial charge on any atom is -0.460 e. The molecule has 0 radical (unpaired) electrons. The zero-order valence-electron chi connectivity index (χ0n) is 44.5. The molecule has 6 unspecified atom stereocenters. The number of fused-ring (bicyclic) bond motifs is 7. The van der Waals surface area contributed by atoms with Gasteiger partial charge in [-0.3, -0.25) is 4.79 Å². The number of ether oxygens (including phenoxy) is 5. The number of carbonyl (C=O) groups is 1. The van der Waals surface area contributed by atoms with E-state index in [0.717, 1.165) is 80.0 Å². The second kappa shape index (κ2) is 20.5. The van der Waals surface area contributed by atoms with Crippen LogP contribution in [0.15, 0.2) is 133 Å². The van der Waals surface area contributed by atoms with Crippen LogP contribution in [-0.4, -0.2) is 48.2 Å². The molecular weight excluding hydrogens is 893 g/mol. The van der Waals surface area contributed by atoms with Gasteiger partial charge in [0, 0.05) is 0 Å². The third kappa shape index (κ3) is 9.61. The van der Waals surface area contributed by atoms with Crippen LogP contribution in [0, 0.1) is 56.2 Å². The lowest BCUT2D eigenvalue weighted by Crippen LogP contribution is -2.65. The van der Waals surface area contributed by atoms with Crippen molar-refractivity contribution in [3.8, 4) is 0 Å². The molecule has 4 aromatic rings. The van der Waals surface area contributed by atoms with E-state index in [1.807, 2.05) is 72.8 Å². The lowest BCUT2D eigenvalue weighted by atomic mass is 9.33. The predicted molar refractivity (Wildman–Crippen MR) is 284 cm³/mol. The molecule has 6 aliphatic rings. The Morgan fingerprint density at radius 2 is 1.15 bits per heavy atom. The van der Waals surface area contributed by atoms with Crippen molar-refractivity contribution in [2.45, 2.75) is 176 Å². The van der Waals surface area contributed by atoms with E-state index in [0.29, 0.717) is 50.8 Å². The van der Waals surface area contributed by atoms with Gasteiger partial charge in [-0.05, 0) is 144 Å². The Labute approximate surface area is 431 Å². The van der Waals surface area contributed by atoms with Gasteiger partial charge < -0.3 is 28.8 Å². The van der Waals surface area contributed by atoms with E-state index in [4.69, 9.17) is 23.7 Å². The standard InChI is InChI=1S/C65H84O7/c1-60(2)34-36-65(59(67)71-43-48-26-18-11-19-27-48)37-35-63(6)50(51(65)39-60)28-29-55-62(5)32-30-49(61(3,4)54(62)31-33-64(55,63)7)38-52-57(69-41-46-22-14-9-15-23-46)56(66)58(70-42-47-24-16-10-17-25-47)53(72-52)44-68-40-45-20-12-8-13-21-45/h8-28,49,51-58,66H,29-44H2,1-7H3/t49-,51?,52+,53?,54?,55?,56?,57?,58-,62+,63-,64-,65+/m1/s1. The quantitative estimate of drug-likeness (QED) is 0.0938. The first-order valence-corrected chi connectivity index (χ1v) is 27.7. The van der Waals surface area contributed by atoms with Crippen LogP contribution in [0.25, 0.3) is 0 Å². The predicted octanol–water partition coefficient (Wildman–Crippen LogP) is 14.1. The molecule has 5 fully saturated rings. The summed E-state index contributed by atoms with van der Waals surface area (Å²) in [4.78, 5) is 14.6. The fourth-order valence-electron chi connectivity index (χ4n) is 16.4. The van der Waals surface area contributed by atoms with Gasteiger partial charge in [0.1, 0.15) is 31.0 Å². The minimum absolute atomic E-state index is 0.00903. The molecule has 10 rings (SSSR count). The fraction of sp³-hybridized carbons (Fsp3) is 0.585. The van der Waals surface area contributed by atoms with Crippen molar-refractivity contribution in [2.24, 2.45) is 56.2 Å². The molecule has 1 saturated heterocycles.